The SMILES string of the molecule is N#Cc1ccc(NS(=O)(=O)c2ccc(N3CCOCC3=O)cc2)cc1. The molecule has 25 heavy (non-hydrogen) atoms. The second-order valence-electron chi connectivity index (χ2n) is 5.39. The highest BCUT2D eigenvalue weighted by atomic mass is 32.2. The van der Waals surface area contributed by atoms with Gasteiger partial charge in [-0.05, 0) is 48.5 Å². The van der Waals surface area contributed by atoms with Gasteiger partial charge in [-0.25, -0.2) is 8.42 Å². The minimum absolute atomic E-state index is 0.0281. The Labute approximate surface area is 145 Å². The number of carbonyl (C=O) groups excluding carboxylic acids is 1. The fourth-order valence-electron chi connectivity index (χ4n) is 2.42. The van der Waals surface area contributed by atoms with E-state index in [1.807, 2.05) is 6.07 Å². The fraction of sp³-hybridized carbons (Fsp3) is 0.176. The Morgan fingerprint density at radius 2 is 1.76 bits per heavy atom. The summed E-state index contributed by atoms with van der Waals surface area (Å²) in [4.78, 5) is 13.5. The number of carbonyl (C=O) groups is 1. The van der Waals surface area contributed by atoms with Crippen molar-refractivity contribution in [2.75, 3.05) is 29.4 Å². The number of ether oxygens (including phenoxy) is 1. The van der Waals surface area contributed by atoms with Crippen molar-refractivity contribution < 1.29 is 17.9 Å². The van der Waals surface area contributed by atoms with Gasteiger partial charge in [-0.2, -0.15) is 5.26 Å². The Kier molecular flexibility index (Phi) is 4.70. The van der Waals surface area contributed by atoms with Gasteiger partial charge in [0.1, 0.15) is 6.61 Å². The topological polar surface area (TPSA) is 99.5 Å². The van der Waals surface area contributed by atoms with Gasteiger partial charge in [0.15, 0.2) is 0 Å². The molecule has 128 valence electrons. The third kappa shape index (κ3) is 3.79. The van der Waals surface area contributed by atoms with Gasteiger partial charge in [-0.3, -0.25) is 9.52 Å². The fourth-order valence-corrected chi connectivity index (χ4v) is 3.48. The highest BCUT2D eigenvalue weighted by Gasteiger charge is 2.21. The molecule has 7 nitrogen and oxygen atoms in total. The highest BCUT2D eigenvalue weighted by Crippen LogP contribution is 2.21. The van der Waals surface area contributed by atoms with Crippen LogP contribution in [-0.4, -0.2) is 34.1 Å². The Morgan fingerprint density at radius 3 is 2.36 bits per heavy atom. The lowest BCUT2D eigenvalue weighted by Crippen LogP contribution is -2.41. The van der Waals surface area contributed by atoms with Crippen LogP contribution in [0.5, 0.6) is 0 Å². The number of nitrogens with one attached hydrogen (secondary N) is 1. The van der Waals surface area contributed by atoms with Crippen molar-refractivity contribution in [1.82, 2.24) is 0 Å². The zero-order valence-corrected chi connectivity index (χ0v) is 14.0. The van der Waals surface area contributed by atoms with Crippen LogP contribution in [0.15, 0.2) is 53.4 Å². The first-order valence-corrected chi connectivity index (χ1v) is 8.99. The molecule has 0 bridgehead atoms. The number of morpholine rings is 1. The molecule has 1 aliphatic heterocycles. The van der Waals surface area contributed by atoms with Crippen LogP contribution in [0.2, 0.25) is 0 Å². The Balaban J connectivity index is 1.78. The maximum atomic E-state index is 12.4. The zero-order chi connectivity index (χ0) is 17.9. The second-order valence-corrected chi connectivity index (χ2v) is 7.07. The maximum Gasteiger partial charge on any atom is 0.261 e. The standard InChI is InChI=1S/C17H15N3O4S/c18-11-13-1-3-14(4-2-13)19-25(22,23)16-7-5-15(6-8-16)20-9-10-24-12-17(20)21/h1-8,19H,9-10,12H2. The summed E-state index contributed by atoms with van der Waals surface area (Å²) in [6, 6.07) is 14.2. The molecule has 2 aromatic carbocycles. The van der Waals surface area contributed by atoms with E-state index < -0.39 is 10.0 Å². The van der Waals surface area contributed by atoms with E-state index in [0.717, 1.165) is 0 Å². The van der Waals surface area contributed by atoms with Gasteiger partial charge in [0.05, 0.1) is 23.1 Å². The van der Waals surface area contributed by atoms with Crippen molar-refractivity contribution in [3.63, 3.8) is 0 Å². The monoisotopic (exact) mass is 357 g/mol. The molecule has 1 saturated heterocycles. The number of benzene rings is 2. The van der Waals surface area contributed by atoms with E-state index in [2.05, 4.69) is 4.72 Å². The third-order valence-electron chi connectivity index (χ3n) is 3.71. The number of hydrogen-bond acceptors (Lipinski definition) is 5. The first kappa shape index (κ1) is 17.0. The summed E-state index contributed by atoms with van der Waals surface area (Å²) in [6.07, 6.45) is 0. The van der Waals surface area contributed by atoms with Crippen LogP contribution in [0.1, 0.15) is 5.56 Å². The first-order chi connectivity index (χ1) is 12.0. The first-order valence-electron chi connectivity index (χ1n) is 7.51. The van der Waals surface area contributed by atoms with Crippen LogP contribution in [0, 0.1) is 11.3 Å². The molecule has 0 radical (unpaired) electrons. The Morgan fingerprint density at radius 1 is 1.08 bits per heavy atom. The van der Waals surface area contributed by atoms with E-state index >= 15 is 0 Å². The van der Waals surface area contributed by atoms with Crippen molar-refractivity contribution in [2.24, 2.45) is 0 Å². The van der Waals surface area contributed by atoms with Gasteiger partial charge in [-0.1, -0.05) is 0 Å². The molecular weight excluding hydrogens is 342 g/mol. The van der Waals surface area contributed by atoms with Crippen molar-refractivity contribution in [1.29, 1.82) is 5.26 Å². The predicted octanol–water partition coefficient (Wildman–Crippen LogP) is 1.72. The van der Waals surface area contributed by atoms with Gasteiger partial charge in [0.2, 0.25) is 0 Å². The molecule has 0 atom stereocenters. The number of hydrogen-bond donors (Lipinski definition) is 1. The third-order valence-corrected chi connectivity index (χ3v) is 5.11. The highest BCUT2D eigenvalue weighted by molar-refractivity contribution is 7.92. The molecular formula is C17H15N3O4S. The number of anilines is 2. The second kappa shape index (κ2) is 6.93. The summed E-state index contributed by atoms with van der Waals surface area (Å²) in [5, 5.41) is 8.77. The number of rotatable bonds is 4. The molecule has 0 unspecified atom stereocenters. The van der Waals surface area contributed by atoms with Crippen LogP contribution in [-0.2, 0) is 19.6 Å². The van der Waals surface area contributed by atoms with Crippen LogP contribution >= 0.6 is 0 Å². The average Bonchev–Trinajstić information content (AvgIpc) is 2.63. The molecule has 1 fully saturated rings. The van der Waals surface area contributed by atoms with Crippen LogP contribution < -0.4 is 9.62 Å². The van der Waals surface area contributed by atoms with Gasteiger partial charge in [-0.15, -0.1) is 0 Å². The molecule has 0 spiro atoms. The normalized spacial score (nSPS) is 14.8. The molecule has 1 N–H and O–H groups in total. The van der Waals surface area contributed by atoms with Crippen LogP contribution in [0.3, 0.4) is 0 Å². The Bertz CT molecular complexity index is 916. The molecule has 8 heteroatoms. The largest absolute Gasteiger partial charge is 0.370 e. The molecule has 1 heterocycles. The number of nitriles is 1. The summed E-state index contributed by atoms with van der Waals surface area (Å²) >= 11 is 0. The average molecular weight is 357 g/mol. The minimum Gasteiger partial charge on any atom is -0.370 e. The van der Waals surface area contributed by atoms with Gasteiger partial charge in [0.25, 0.3) is 15.9 Å². The van der Waals surface area contributed by atoms with E-state index in [1.54, 1.807) is 17.0 Å². The molecule has 0 saturated carbocycles. The summed E-state index contributed by atoms with van der Waals surface area (Å²) in [5.74, 6) is -0.155. The van der Waals surface area contributed by atoms with Crippen molar-refractivity contribution in [3.05, 3.63) is 54.1 Å². The lowest BCUT2D eigenvalue weighted by molar-refractivity contribution is -0.125. The minimum atomic E-state index is -3.75. The summed E-state index contributed by atoms with van der Waals surface area (Å²) in [6.45, 7) is 0.917. The molecule has 0 aliphatic carbocycles. The van der Waals surface area contributed by atoms with E-state index in [-0.39, 0.29) is 17.4 Å². The zero-order valence-electron chi connectivity index (χ0n) is 13.2. The van der Waals surface area contributed by atoms with E-state index in [1.165, 1.54) is 36.4 Å². The van der Waals surface area contributed by atoms with Crippen LogP contribution in [0.25, 0.3) is 0 Å². The lowest BCUT2D eigenvalue weighted by Gasteiger charge is -2.26. The quantitative estimate of drug-likeness (QED) is 0.898. The van der Waals surface area contributed by atoms with E-state index in [9.17, 15) is 13.2 Å². The van der Waals surface area contributed by atoms with E-state index in [0.29, 0.717) is 30.1 Å². The maximum absolute atomic E-state index is 12.4. The lowest BCUT2D eigenvalue weighted by atomic mass is 10.2. The number of sulfonamides is 1. The van der Waals surface area contributed by atoms with Crippen molar-refractivity contribution in [3.8, 4) is 6.07 Å². The smallest absolute Gasteiger partial charge is 0.261 e. The van der Waals surface area contributed by atoms with Gasteiger partial charge in [0, 0.05) is 17.9 Å². The van der Waals surface area contributed by atoms with Crippen molar-refractivity contribution >= 4 is 27.3 Å². The van der Waals surface area contributed by atoms with E-state index in [4.69, 9.17) is 10.00 Å². The van der Waals surface area contributed by atoms with Gasteiger partial charge >= 0.3 is 0 Å². The van der Waals surface area contributed by atoms with Crippen LogP contribution in [0.4, 0.5) is 11.4 Å². The van der Waals surface area contributed by atoms with Crippen molar-refractivity contribution in [2.45, 2.75) is 4.90 Å². The summed E-state index contributed by atoms with van der Waals surface area (Å²) in [7, 11) is -3.75. The predicted molar refractivity (Wildman–Crippen MR) is 91.6 cm³/mol. The Hall–Kier alpha value is -2.89. The number of nitrogens with zero attached hydrogens (tertiary/aromatic N) is 2. The van der Waals surface area contributed by atoms with Gasteiger partial charge < -0.3 is 9.64 Å². The molecule has 1 amide bonds. The summed E-state index contributed by atoms with van der Waals surface area (Å²) < 4.78 is 32.4. The molecule has 2 aromatic rings. The molecule has 0 aromatic heterocycles. The number of amides is 1. The molecule has 1 aliphatic rings. The summed E-state index contributed by atoms with van der Waals surface area (Å²) in [5.41, 5.74) is 1.44. The molecule has 3 rings (SSSR count).